The van der Waals surface area contributed by atoms with E-state index >= 15 is 0 Å². The third-order valence-corrected chi connectivity index (χ3v) is 12.8. The number of hydrogen-bond acceptors (Lipinski definition) is 6. The van der Waals surface area contributed by atoms with Gasteiger partial charge in [-0.2, -0.15) is 0 Å². The summed E-state index contributed by atoms with van der Waals surface area (Å²) in [6.45, 7) is 17.7. The molecule has 2 saturated carbocycles. The Morgan fingerprint density at radius 3 is 1.38 bits per heavy atom. The standard InChI is InChI=1S/C52H95NO5/c1-7-11-15-19-30-45(28-13-9-3)51(47-32-25-33-47)57-42-22-18-17-21-38-53(39-27-36-49(54)44(5)6)40-37-50(55)56-41-23-24-43-58-52(48-34-26-35-48)46(29-14-10-4)31-20-16-12-8-2/h44-46H,7-43H2,1-6H3. The number of carbonyl (C=O) groups is 2. The number of ether oxygens (including phenoxy) is 3. The number of rotatable bonds is 40. The summed E-state index contributed by atoms with van der Waals surface area (Å²) in [5.74, 6) is 4.21. The second kappa shape index (κ2) is 34.8. The first-order valence-electron chi connectivity index (χ1n) is 25.4. The molecule has 0 amide bonds. The van der Waals surface area contributed by atoms with Crippen LogP contribution in [-0.4, -0.2) is 56.1 Å². The van der Waals surface area contributed by atoms with Gasteiger partial charge in [0, 0.05) is 30.7 Å². The summed E-state index contributed by atoms with van der Waals surface area (Å²) in [5, 5.41) is 0. The minimum Gasteiger partial charge on any atom is -0.498 e. The molecule has 58 heavy (non-hydrogen) atoms. The van der Waals surface area contributed by atoms with Crippen molar-refractivity contribution in [1.29, 1.82) is 0 Å². The molecule has 6 nitrogen and oxygen atoms in total. The SMILES string of the molecule is CCCCCCC(CCCC)C(OCCCCCCN(CCCC(=O)C(C)C)CCC(=O)OCCCCOC(=C1CCC1)C(CCCC)CCCCCC)=C1CCC1. The van der Waals surface area contributed by atoms with Gasteiger partial charge in [-0.15, -0.1) is 0 Å². The highest BCUT2D eigenvalue weighted by Crippen LogP contribution is 2.38. The maximum absolute atomic E-state index is 12.8. The molecule has 0 saturated heterocycles. The van der Waals surface area contributed by atoms with Crippen molar-refractivity contribution in [2.45, 2.75) is 241 Å². The average Bonchev–Trinajstić information content (AvgIpc) is 3.17. The Morgan fingerprint density at radius 2 is 0.914 bits per heavy atom. The zero-order valence-electron chi connectivity index (χ0n) is 39.4. The summed E-state index contributed by atoms with van der Waals surface area (Å²) in [6, 6.07) is 0. The number of nitrogens with zero attached hydrogens (tertiary/aromatic N) is 1. The molecule has 2 rings (SSSR count). The van der Waals surface area contributed by atoms with E-state index in [0.717, 1.165) is 64.8 Å². The second-order valence-corrected chi connectivity index (χ2v) is 18.4. The van der Waals surface area contributed by atoms with Gasteiger partial charge in [0.05, 0.1) is 37.8 Å². The van der Waals surface area contributed by atoms with Crippen molar-refractivity contribution in [3.63, 3.8) is 0 Å². The molecule has 0 aromatic carbocycles. The quantitative estimate of drug-likeness (QED) is 0.0349. The molecule has 6 heteroatoms. The lowest BCUT2D eigenvalue weighted by atomic mass is 9.84. The highest BCUT2D eigenvalue weighted by molar-refractivity contribution is 5.80. The summed E-state index contributed by atoms with van der Waals surface area (Å²) in [4.78, 5) is 27.6. The fourth-order valence-electron chi connectivity index (χ4n) is 8.53. The zero-order valence-corrected chi connectivity index (χ0v) is 39.4. The number of esters is 1. The molecule has 0 bridgehead atoms. The number of unbranched alkanes of at least 4 members (excludes halogenated alkanes) is 12. The van der Waals surface area contributed by atoms with Crippen LogP contribution in [0.5, 0.6) is 0 Å². The Kier molecular flexibility index (Phi) is 31.4. The van der Waals surface area contributed by atoms with Gasteiger partial charge in [-0.3, -0.25) is 9.59 Å². The number of hydrogen-bond donors (Lipinski definition) is 0. The average molecular weight is 814 g/mol. The molecule has 2 aliphatic rings. The van der Waals surface area contributed by atoms with Crippen molar-refractivity contribution in [1.82, 2.24) is 4.90 Å². The van der Waals surface area contributed by atoms with Gasteiger partial charge in [-0.25, -0.2) is 0 Å². The predicted octanol–water partition coefficient (Wildman–Crippen LogP) is 15.0. The molecule has 0 N–H and O–H groups in total. The molecule has 338 valence electrons. The van der Waals surface area contributed by atoms with Gasteiger partial charge in [0.1, 0.15) is 5.78 Å². The van der Waals surface area contributed by atoms with Crippen molar-refractivity contribution in [2.24, 2.45) is 17.8 Å². The third kappa shape index (κ3) is 23.8. The van der Waals surface area contributed by atoms with Crippen LogP contribution in [0.25, 0.3) is 0 Å². The van der Waals surface area contributed by atoms with E-state index in [1.807, 2.05) is 13.8 Å². The molecule has 0 radical (unpaired) electrons. The van der Waals surface area contributed by atoms with Crippen LogP contribution >= 0.6 is 0 Å². The number of carbonyl (C=O) groups excluding carboxylic acids is 2. The first kappa shape index (κ1) is 52.3. The van der Waals surface area contributed by atoms with E-state index in [4.69, 9.17) is 14.2 Å². The van der Waals surface area contributed by atoms with Gasteiger partial charge < -0.3 is 19.1 Å². The summed E-state index contributed by atoms with van der Waals surface area (Å²) >= 11 is 0. The minimum atomic E-state index is -0.107. The van der Waals surface area contributed by atoms with Gasteiger partial charge in [0.2, 0.25) is 0 Å². The van der Waals surface area contributed by atoms with E-state index in [0.29, 0.717) is 43.6 Å². The smallest absolute Gasteiger partial charge is 0.307 e. The molecule has 2 atom stereocenters. The summed E-state index contributed by atoms with van der Waals surface area (Å²) in [6.07, 6.45) is 36.4. The maximum Gasteiger partial charge on any atom is 0.307 e. The monoisotopic (exact) mass is 814 g/mol. The lowest BCUT2D eigenvalue weighted by Crippen LogP contribution is -2.29. The highest BCUT2D eigenvalue weighted by atomic mass is 16.5. The van der Waals surface area contributed by atoms with E-state index in [-0.39, 0.29) is 11.9 Å². The first-order valence-corrected chi connectivity index (χ1v) is 25.4. The number of allylic oxidation sites excluding steroid dienone is 4. The molecule has 0 aromatic heterocycles. The maximum atomic E-state index is 12.8. The van der Waals surface area contributed by atoms with Crippen molar-refractivity contribution in [3.05, 3.63) is 22.7 Å². The molecule has 0 spiro atoms. The van der Waals surface area contributed by atoms with Crippen molar-refractivity contribution < 1.29 is 23.8 Å². The molecule has 2 unspecified atom stereocenters. The first-order chi connectivity index (χ1) is 28.3. The minimum absolute atomic E-state index is 0.0824. The van der Waals surface area contributed by atoms with Crippen LogP contribution in [0.15, 0.2) is 22.7 Å². The van der Waals surface area contributed by atoms with E-state index in [9.17, 15) is 9.59 Å². The summed E-state index contributed by atoms with van der Waals surface area (Å²) < 4.78 is 18.9. The summed E-state index contributed by atoms with van der Waals surface area (Å²) in [5.41, 5.74) is 3.18. The van der Waals surface area contributed by atoms with Gasteiger partial charge in [-0.1, -0.05) is 131 Å². The Morgan fingerprint density at radius 1 is 0.483 bits per heavy atom. The number of ketones is 1. The lowest BCUT2D eigenvalue weighted by Gasteiger charge is -2.28. The van der Waals surface area contributed by atoms with Crippen molar-refractivity contribution in [3.8, 4) is 0 Å². The van der Waals surface area contributed by atoms with Crippen LogP contribution in [0.3, 0.4) is 0 Å². The molecule has 0 aromatic rings. The molecule has 0 aliphatic heterocycles. The third-order valence-electron chi connectivity index (χ3n) is 12.8. The fourth-order valence-corrected chi connectivity index (χ4v) is 8.53. The highest BCUT2D eigenvalue weighted by Gasteiger charge is 2.25. The molecule has 2 fully saturated rings. The Bertz CT molecular complexity index is 1100. The van der Waals surface area contributed by atoms with E-state index < -0.39 is 0 Å². The van der Waals surface area contributed by atoms with Crippen LogP contribution in [-0.2, 0) is 23.8 Å². The molecular weight excluding hydrogens is 719 g/mol. The predicted molar refractivity (Wildman–Crippen MR) is 246 cm³/mol. The lowest BCUT2D eigenvalue weighted by molar-refractivity contribution is -0.144. The molecular formula is C52H95NO5. The van der Waals surface area contributed by atoms with Gasteiger partial charge >= 0.3 is 5.97 Å². The van der Waals surface area contributed by atoms with E-state index in [1.54, 1.807) is 11.1 Å². The van der Waals surface area contributed by atoms with Crippen LogP contribution in [0.4, 0.5) is 0 Å². The van der Waals surface area contributed by atoms with Crippen LogP contribution in [0.2, 0.25) is 0 Å². The normalized spacial score (nSPS) is 15.0. The second-order valence-electron chi connectivity index (χ2n) is 18.4. The Labute approximate surface area is 359 Å². The topological polar surface area (TPSA) is 65.1 Å². The van der Waals surface area contributed by atoms with Gasteiger partial charge in [0.15, 0.2) is 0 Å². The molecule has 0 heterocycles. The van der Waals surface area contributed by atoms with Crippen LogP contribution < -0.4 is 0 Å². The van der Waals surface area contributed by atoms with Gasteiger partial charge in [-0.05, 0) is 121 Å². The summed E-state index contributed by atoms with van der Waals surface area (Å²) in [7, 11) is 0. The van der Waals surface area contributed by atoms with Crippen molar-refractivity contribution in [2.75, 3.05) is 39.5 Å². The Balaban J connectivity index is 1.75. The largest absolute Gasteiger partial charge is 0.498 e. The van der Waals surface area contributed by atoms with E-state index in [1.165, 1.54) is 159 Å². The van der Waals surface area contributed by atoms with Gasteiger partial charge in [0.25, 0.3) is 0 Å². The van der Waals surface area contributed by atoms with Crippen LogP contribution in [0, 0.1) is 17.8 Å². The van der Waals surface area contributed by atoms with E-state index in [2.05, 4.69) is 32.6 Å². The number of Topliss-reactive ketones (excluding diaryl/α,β-unsaturated/α-hetero) is 1. The Hall–Kier alpha value is -1.82. The van der Waals surface area contributed by atoms with Crippen molar-refractivity contribution >= 4 is 11.8 Å². The van der Waals surface area contributed by atoms with Crippen LogP contribution in [0.1, 0.15) is 241 Å². The zero-order chi connectivity index (χ0) is 42.1. The fraction of sp³-hybridized carbons (Fsp3) is 0.885. The molecule has 2 aliphatic carbocycles.